The van der Waals surface area contributed by atoms with Crippen molar-refractivity contribution in [1.82, 2.24) is 15.1 Å². The highest BCUT2D eigenvalue weighted by atomic mass is 16.2. The summed E-state index contributed by atoms with van der Waals surface area (Å²) in [6.07, 6.45) is 0.861. The molecule has 1 aliphatic rings. The summed E-state index contributed by atoms with van der Waals surface area (Å²) in [5.41, 5.74) is 0.999. The van der Waals surface area contributed by atoms with Gasteiger partial charge in [-0.2, -0.15) is 5.26 Å². The molecule has 1 aromatic heterocycles. The first-order chi connectivity index (χ1) is 10.8. The van der Waals surface area contributed by atoms with Crippen molar-refractivity contribution in [3.05, 3.63) is 53.7 Å². The number of nitriles is 1. The van der Waals surface area contributed by atoms with Crippen LogP contribution >= 0.6 is 0 Å². The van der Waals surface area contributed by atoms with Gasteiger partial charge in [0.25, 0.3) is 5.91 Å². The van der Waals surface area contributed by atoms with E-state index in [0.717, 1.165) is 13.0 Å². The molecular weight excluding hydrogens is 278 g/mol. The molecule has 1 N–H and O–H groups in total. The summed E-state index contributed by atoms with van der Waals surface area (Å²) < 4.78 is 0. The zero-order chi connectivity index (χ0) is 15.4. The van der Waals surface area contributed by atoms with Gasteiger partial charge in [0, 0.05) is 24.7 Å². The summed E-state index contributed by atoms with van der Waals surface area (Å²) in [4.78, 5) is 14.2. The number of nitrogens with zero attached hydrogens (tertiary/aromatic N) is 4. The minimum atomic E-state index is 0.0517. The van der Waals surface area contributed by atoms with E-state index in [1.807, 2.05) is 41.3 Å². The number of anilines is 1. The van der Waals surface area contributed by atoms with Gasteiger partial charge in [-0.3, -0.25) is 4.79 Å². The highest BCUT2D eigenvalue weighted by Crippen LogP contribution is 2.16. The smallest absolute Gasteiger partial charge is 0.253 e. The van der Waals surface area contributed by atoms with Crippen LogP contribution in [0.4, 0.5) is 5.82 Å². The van der Waals surface area contributed by atoms with Crippen LogP contribution in [0.25, 0.3) is 0 Å². The monoisotopic (exact) mass is 293 g/mol. The number of rotatable bonds is 3. The summed E-state index contributed by atoms with van der Waals surface area (Å²) in [7, 11) is 0. The van der Waals surface area contributed by atoms with Gasteiger partial charge in [-0.1, -0.05) is 18.2 Å². The molecule has 1 atom stereocenters. The van der Waals surface area contributed by atoms with Gasteiger partial charge in [0.2, 0.25) is 0 Å². The third kappa shape index (κ3) is 3.04. The number of amides is 1. The van der Waals surface area contributed by atoms with E-state index >= 15 is 0 Å². The lowest BCUT2D eigenvalue weighted by Crippen LogP contribution is -2.31. The first-order valence-electron chi connectivity index (χ1n) is 7.11. The van der Waals surface area contributed by atoms with E-state index < -0.39 is 0 Å². The van der Waals surface area contributed by atoms with Crippen LogP contribution in [0.1, 0.15) is 22.5 Å². The molecule has 6 heteroatoms. The molecule has 1 aliphatic heterocycles. The lowest BCUT2D eigenvalue weighted by atomic mass is 10.2. The van der Waals surface area contributed by atoms with E-state index in [2.05, 4.69) is 15.5 Å². The van der Waals surface area contributed by atoms with E-state index in [1.54, 1.807) is 12.1 Å². The van der Waals surface area contributed by atoms with Crippen LogP contribution in [0.2, 0.25) is 0 Å². The minimum absolute atomic E-state index is 0.0517. The maximum absolute atomic E-state index is 12.4. The Bertz CT molecular complexity index is 693. The molecular formula is C16H15N5O. The summed E-state index contributed by atoms with van der Waals surface area (Å²) >= 11 is 0. The average molecular weight is 293 g/mol. The molecule has 3 rings (SSSR count). The SMILES string of the molecule is N#Cc1ccc(NC2CCN(C(=O)c3ccccc3)C2)nn1. The molecule has 0 aliphatic carbocycles. The van der Waals surface area contributed by atoms with Crippen LogP contribution in [0.3, 0.4) is 0 Å². The Morgan fingerprint density at radius 1 is 1.23 bits per heavy atom. The number of benzene rings is 1. The van der Waals surface area contributed by atoms with Crippen LogP contribution in [0, 0.1) is 11.3 Å². The summed E-state index contributed by atoms with van der Waals surface area (Å²) in [6.45, 7) is 1.35. The number of nitrogens with one attached hydrogen (secondary N) is 1. The highest BCUT2D eigenvalue weighted by molar-refractivity contribution is 5.94. The molecule has 0 spiro atoms. The number of hydrogen-bond donors (Lipinski definition) is 1. The maximum atomic E-state index is 12.4. The summed E-state index contributed by atoms with van der Waals surface area (Å²) in [5.74, 6) is 0.675. The third-order valence-electron chi connectivity index (χ3n) is 3.63. The summed E-state index contributed by atoms with van der Waals surface area (Å²) in [5, 5.41) is 19.7. The standard InChI is InChI=1S/C16H15N5O/c17-10-13-6-7-15(20-19-13)18-14-8-9-21(11-14)16(22)12-4-2-1-3-5-12/h1-7,14H,8-9,11H2,(H,18,20). The highest BCUT2D eigenvalue weighted by Gasteiger charge is 2.27. The van der Waals surface area contributed by atoms with E-state index in [1.165, 1.54) is 0 Å². The van der Waals surface area contributed by atoms with E-state index in [-0.39, 0.29) is 17.6 Å². The van der Waals surface area contributed by atoms with Crippen LogP contribution in [-0.4, -0.2) is 40.1 Å². The van der Waals surface area contributed by atoms with E-state index in [4.69, 9.17) is 5.26 Å². The quantitative estimate of drug-likeness (QED) is 0.931. The Morgan fingerprint density at radius 3 is 2.73 bits per heavy atom. The Labute approximate surface area is 128 Å². The van der Waals surface area contributed by atoms with Gasteiger partial charge in [0.15, 0.2) is 5.69 Å². The average Bonchev–Trinajstić information content (AvgIpc) is 3.04. The van der Waals surface area contributed by atoms with E-state index in [0.29, 0.717) is 17.9 Å². The van der Waals surface area contributed by atoms with Crippen molar-refractivity contribution in [3.8, 4) is 6.07 Å². The fourth-order valence-corrected chi connectivity index (χ4v) is 2.50. The fourth-order valence-electron chi connectivity index (χ4n) is 2.50. The van der Waals surface area contributed by atoms with Gasteiger partial charge in [0.05, 0.1) is 0 Å². The van der Waals surface area contributed by atoms with Crippen molar-refractivity contribution in [2.75, 3.05) is 18.4 Å². The molecule has 1 unspecified atom stereocenters. The first-order valence-corrected chi connectivity index (χ1v) is 7.11. The molecule has 110 valence electrons. The molecule has 22 heavy (non-hydrogen) atoms. The van der Waals surface area contributed by atoms with Crippen LogP contribution in [0.15, 0.2) is 42.5 Å². The van der Waals surface area contributed by atoms with Crippen molar-refractivity contribution in [1.29, 1.82) is 5.26 Å². The van der Waals surface area contributed by atoms with Gasteiger partial charge in [-0.05, 0) is 30.7 Å². The molecule has 0 saturated carbocycles. The number of likely N-dealkylation sites (tertiary alicyclic amines) is 1. The molecule has 2 heterocycles. The number of carbonyl (C=O) groups excluding carboxylic acids is 1. The molecule has 1 fully saturated rings. The molecule has 0 bridgehead atoms. The summed E-state index contributed by atoms with van der Waals surface area (Å²) in [6, 6.07) is 14.7. The van der Waals surface area contributed by atoms with Gasteiger partial charge in [-0.25, -0.2) is 0 Å². The van der Waals surface area contributed by atoms with Crippen molar-refractivity contribution >= 4 is 11.7 Å². The van der Waals surface area contributed by atoms with Crippen LogP contribution < -0.4 is 5.32 Å². The molecule has 1 aromatic carbocycles. The maximum Gasteiger partial charge on any atom is 0.253 e. The Hall–Kier alpha value is -2.94. The van der Waals surface area contributed by atoms with Crippen molar-refractivity contribution in [2.24, 2.45) is 0 Å². The lowest BCUT2D eigenvalue weighted by molar-refractivity contribution is 0.0791. The van der Waals surface area contributed by atoms with Gasteiger partial charge in [-0.15, -0.1) is 10.2 Å². The molecule has 2 aromatic rings. The molecule has 1 amide bonds. The van der Waals surface area contributed by atoms with Crippen LogP contribution in [0.5, 0.6) is 0 Å². The topological polar surface area (TPSA) is 81.9 Å². The van der Waals surface area contributed by atoms with Crippen molar-refractivity contribution in [3.63, 3.8) is 0 Å². The van der Waals surface area contributed by atoms with E-state index in [9.17, 15) is 4.79 Å². The first kappa shape index (κ1) is 14.0. The van der Waals surface area contributed by atoms with Crippen molar-refractivity contribution < 1.29 is 4.79 Å². The molecule has 6 nitrogen and oxygen atoms in total. The normalized spacial score (nSPS) is 17.0. The second-order valence-corrected chi connectivity index (χ2v) is 5.16. The molecule has 1 saturated heterocycles. The largest absolute Gasteiger partial charge is 0.364 e. The van der Waals surface area contributed by atoms with Gasteiger partial charge in [0.1, 0.15) is 11.9 Å². The van der Waals surface area contributed by atoms with Gasteiger partial charge >= 0.3 is 0 Å². The second-order valence-electron chi connectivity index (χ2n) is 5.16. The number of hydrogen-bond acceptors (Lipinski definition) is 5. The van der Waals surface area contributed by atoms with Crippen molar-refractivity contribution in [2.45, 2.75) is 12.5 Å². The Kier molecular flexibility index (Phi) is 3.97. The number of carbonyl (C=O) groups is 1. The van der Waals surface area contributed by atoms with Gasteiger partial charge < -0.3 is 10.2 Å². The zero-order valence-corrected chi connectivity index (χ0v) is 11.9. The fraction of sp³-hybridized carbons (Fsp3) is 0.250. The Balaban J connectivity index is 1.60. The van der Waals surface area contributed by atoms with Crippen LogP contribution in [-0.2, 0) is 0 Å². The predicted octanol–water partition coefficient (Wildman–Crippen LogP) is 1.67. The number of aromatic nitrogens is 2. The predicted molar refractivity (Wildman–Crippen MR) is 81.1 cm³/mol. The minimum Gasteiger partial charge on any atom is -0.364 e. The Morgan fingerprint density at radius 2 is 2.05 bits per heavy atom. The molecule has 0 radical (unpaired) electrons. The lowest BCUT2D eigenvalue weighted by Gasteiger charge is -2.17. The third-order valence-corrected chi connectivity index (χ3v) is 3.63. The second kappa shape index (κ2) is 6.22. The zero-order valence-electron chi connectivity index (χ0n) is 11.9.